The molecule has 3 fully saturated rings. The van der Waals surface area contributed by atoms with Crippen LogP contribution in [0.5, 0.6) is 0 Å². The first-order valence-electron chi connectivity index (χ1n) is 23.0. The van der Waals surface area contributed by atoms with Gasteiger partial charge in [0, 0.05) is 55.7 Å². The van der Waals surface area contributed by atoms with Gasteiger partial charge in [0.1, 0.15) is 22.9 Å². The number of aromatic nitrogens is 10. The van der Waals surface area contributed by atoms with Crippen molar-refractivity contribution in [3.05, 3.63) is 133 Å². The van der Waals surface area contributed by atoms with Crippen molar-refractivity contribution in [3.63, 3.8) is 0 Å². The average Bonchev–Trinajstić information content (AvgIpc) is 3.74. The highest BCUT2D eigenvalue weighted by atomic mass is 19.1. The smallest absolute Gasteiger partial charge is 0.381 e. The van der Waals surface area contributed by atoms with E-state index >= 15 is 13.6 Å². The third kappa shape index (κ3) is 5.65. The number of fused-ring (bicyclic) bond motifs is 4. The molecule has 66 heavy (non-hydrogen) atoms. The summed E-state index contributed by atoms with van der Waals surface area (Å²) in [6.45, 7) is 5.58. The van der Waals surface area contributed by atoms with Crippen molar-refractivity contribution in [1.29, 1.82) is 0 Å². The monoisotopic (exact) mass is 893 g/mol. The highest BCUT2D eigenvalue weighted by molar-refractivity contribution is 5.99. The molecule has 8 aromatic rings. The van der Waals surface area contributed by atoms with Gasteiger partial charge in [0.2, 0.25) is 0 Å². The first kappa shape index (κ1) is 39.4. The number of rotatable bonds is 8. The Bertz CT molecular complexity index is 3450. The number of imidazole rings is 1. The summed E-state index contributed by atoms with van der Waals surface area (Å²) in [5, 5.41) is 14.1. The summed E-state index contributed by atoms with van der Waals surface area (Å²) in [5.74, 6) is -0.879. The van der Waals surface area contributed by atoms with Crippen molar-refractivity contribution in [2.75, 3.05) is 19.8 Å². The standard InChI is InChI=1S/C48H45F2N11O5/c1-25-23-48(25,45-53-46(63)66-55-45)59-38-11-9-33(27-15-20-65-21-16-27)52-35(38)22-40(59)44(62)56-17-14-34-41(26(56)2)43(61(54-34)36-10-8-32(49)29-4-3-5-30(29)36)58-19-18-57(47(58)64)39-13-12-37-31(42(39)50)24-51-60(37)28-6-7-28/h8-13,18-19,22,24-28H,3-7,14-17,20-21,23H2,1-2H3,(H,53,55,63)/t25-,26-,48-/m0/s1. The molecule has 2 aliphatic heterocycles. The van der Waals surface area contributed by atoms with Gasteiger partial charge in [0.25, 0.3) is 5.91 Å². The third-order valence-electron chi connectivity index (χ3n) is 15.1. The van der Waals surface area contributed by atoms with Crippen LogP contribution in [0.15, 0.2) is 75.2 Å². The zero-order chi connectivity index (χ0) is 44.7. The highest BCUT2D eigenvalue weighted by Gasteiger charge is 2.59. The molecule has 18 heteroatoms. The van der Waals surface area contributed by atoms with Gasteiger partial charge in [-0.05, 0) is 118 Å². The molecule has 8 heterocycles. The number of nitrogens with one attached hydrogen (secondary N) is 1. The summed E-state index contributed by atoms with van der Waals surface area (Å²) < 4.78 is 50.7. The van der Waals surface area contributed by atoms with E-state index in [4.69, 9.17) is 19.3 Å². The van der Waals surface area contributed by atoms with Crippen molar-refractivity contribution in [1.82, 2.24) is 53.3 Å². The molecule has 336 valence electrons. The Balaban J connectivity index is 0.957. The summed E-state index contributed by atoms with van der Waals surface area (Å²) in [4.78, 5) is 52.5. The first-order valence-corrected chi connectivity index (χ1v) is 23.0. The van der Waals surface area contributed by atoms with Gasteiger partial charge < -0.3 is 14.2 Å². The summed E-state index contributed by atoms with van der Waals surface area (Å²) in [5.41, 5.74) is 5.43. The molecular weight excluding hydrogens is 849 g/mol. The van der Waals surface area contributed by atoms with Crippen LogP contribution in [0.1, 0.15) is 115 Å². The first-order chi connectivity index (χ1) is 32.1. The van der Waals surface area contributed by atoms with Gasteiger partial charge in [-0.3, -0.25) is 33.1 Å². The molecule has 2 saturated carbocycles. The molecule has 2 aromatic carbocycles. The lowest BCUT2D eigenvalue weighted by Gasteiger charge is -2.34. The predicted octanol–water partition coefficient (Wildman–Crippen LogP) is 6.73. The second-order valence-electron chi connectivity index (χ2n) is 18.7. The van der Waals surface area contributed by atoms with Crippen molar-refractivity contribution >= 4 is 27.8 Å². The quantitative estimate of drug-likeness (QED) is 0.174. The second-order valence-corrected chi connectivity index (χ2v) is 18.7. The molecule has 3 atom stereocenters. The number of H-pyrrole nitrogens is 1. The van der Waals surface area contributed by atoms with E-state index in [2.05, 4.69) is 22.2 Å². The SMILES string of the molecule is C[C@H]1c2c(nn(-c3ccc(F)c4c3CCC4)c2-n2ccn(-c3ccc4c(cnn4C4CC4)c3F)c2=O)CCN1C(=O)c1cc2nc(C3CCOCC3)ccc2n1[C@@]1(c2noc(=O)[nH]2)C[C@@H]1C. The number of halogens is 2. The molecule has 13 rings (SSSR count). The Morgan fingerprint density at radius 2 is 1.68 bits per heavy atom. The number of carbonyl (C=O) groups is 1. The number of pyridine rings is 1. The van der Waals surface area contributed by atoms with E-state index in [0.717, 1.165) is 48.9 Å². The van der Waals surface area contributed by atoms with Crippen LogP contribution in [-0.2, 0) is 29.5 Å². The van der Waals surface area contributed by atoms with Gasteiger partial charge in [-0.15, -0.1) is 0 Å². The number of amides is 1. The molecule has 1 saturated heterocycles. The van der Waals surface area contributed by atoms with E-state index in [9.17, 15) is 9.59 Å². The molecule has 6 aromatic heterocycles. The van der Waals surface area contributed by atoms with Crippen molar-refractivity contribution in [3.8, 4) is 17.2 Å². The maximum absolute atomic E-state index is 16.4. The van der Waals surface area contributed by atoms with Gasteiger partial charge >= 0.3 is 11.4 Å². The minimum atomic E-state index is -0.880. The largest absolute Gasteiger partial charge is 0.438 e. The number of ether oxygens (including phenoxy) is 1. The van der Waals surface area contributed by atoms with Gasteiger partial charge in [0.05, 0.1) is 57.3 Å². The molecule has 0 bridgehead atoms. The molecule has 16 nitrogen and oxygen atoms in total. The summed E-state index contributed by atoms with van der Waals surface area (Å²) in [6, 6.07) is 12.0. The maximum atomic E-state index is 16.4. The minimum absolute atomic E-state index is 0.0148. The van der Waals surface area contributed by atoms with Gasteiger partial charge in [-0.2, -0.15) is 10.2 Å². The zero-order valence-electron chi connectivity index (χ0n) is 36.3. The van der Waals surface area contributed by atoms with Crippen LogP contribution in [0.4, 0.5) is 8.78 Å². The van der Waals surface area contributed by atoms with Crippen LogP contribution < -0.4 is 11.4 Å². The van der Waals surface area contributed by atoms with Gasteiger partial charge in [0.15, 0.2) is 11.6 Å². The Morgan fingerprint density at radius 1 is 0.909 bits per heavy atom. The second kappa shape index (κ2) is 14.3. The van der Waals surface area contributed by atoms with Crippen LogP contribution in [0.2, 0.25) is 0 Å². The van der Waals surface area contributed by atoms with Crippen molar-refractivity contribution < 1.29 is 22.8 Å². The normalized spacial score (nSPS) is 21.8. The van der Waals surface area contributed by atoms with E-state index in [1.807, 2.05) is 34.4 Å². The molecule has 0 radical (unpaired) electrons. The third-order valence-corrected chi connectivity index (χ3v) is 15.1. The van der Waals surface area contributed by atoms with E-state index in [1.54, 1.807) is 34.0 Å². The molecule has 1 N–H and O–H groups in total. The fourth-order valence-corrected chi connectivity index (χ4v) is 11.4. The maximum Gasteiger partial charge on any atom is 0.438 e. The minimum Gasteiger partial charge on any atom is -0.381 e. The fraction of sp³-hybridized carbons (Fsp3) is 0.396. The lowest BCUT2D eigenvalue weighted by molar-refractivity contribution is 0.0663. The summed E-state index contributed by atoms with van der Waals surface area (Å²) >= 11 is 0. The Labute approximate surface area is 374 Å². The Hall–Kier alpha value is -6.95. The topological polar surface area (TPSA) is 169 Å². The molecule has 0 unspecified atom stereocenters. The highest BCUT2D eigenvalue weighted by Crippen LogP contribution is 2.56. The van der Waals surface area contributed by atoms with Gasteiger partial charge in [-0.1, -0.05) is 12.1 Å². The van der Waals surface area contributed by atoms with E-state index in [1.165, 1.54) is 27.6 Å². The van der Waals surface area contributed by atoms with Crippen LogP contribution in [0.3, 0.4) is 0 Å². The number of carbonyl (C=O) groups excluding carboxylic acids is 1. The Kier molecular flexibility index (Phi) is 8.52. The van der Waals surface area contributed by atoms with Crippen LogP contribution in [-0.4, -0.2) is 79.0 Å². The van der Waals surface area contributed by atoms with E-state index < -0.39 is 28.8 Å². The molecule has 0 spiro atoms. The lowest BCUT2D eigenvalue weighted by Crippen LogP contribution is -2.41. The van der Waals surface area contributed by atoms with Gasteiger partial charge in [-0.25, -0.2) is 23.1 Å². The van der Waals surface area contributed by atoms with Crippen molar-refractivity contribution in [2.45, 2.75) is 95.2 Å². The molecule has 3 aliphatic carbocycles. The molecule has 5 aliphatic rings. The number of nitrogens with zero attached hydrogens (tertiary/aromatic N) is 10. The number of hydrogen-bond acceptors (Lipinski definition) is 9. The van der Waals surface area contributed by atoms with Crippen LogP contribution in [0, 0.1) is 17.6 Å². The predicted molar refractivity (Wildman–Crippen MR) is 236 cm³/mol. The number of hydrogen-bond donors (Lipinski definition) is 1. The number of aromatic amines is 1. The van der Waals surface area contributed by atoms with Crippen LogP contribution in [0.25, 0.3) is 39.1 Å². The van der Waals surface area contributed by atoms with E-state index in [0.29, 0.717) is 102 Å². The summed E-state index contributed by atoms with van der Waals surface area (Å²) in [7, 11) is 0. The van der Waals surface area contributed by atoms with Crippen molar-refractivity contribution in [2.24, 2.45) is 5.92 Å². The zero-order valence-corrected chi connectivity index (χ0v) is 36.3. The van der Waals surface area contributed by atoms with E-state index in [-0.39, 0.29) is 35.3 Å². The Morgan fingerprint density at radius 3 is 2.45 bits per heavy atom. The van der Waals surface area contributed by atoms with Crippen LogP contribution >= 0.6 is 0 Å². The fourth-order valence-electron chi connectivity index (χ4n) is 11.4. The molecule has 1 amide bonds. The number of benzene rings is 2. The lowest BCUT2D eigenvalue weighted by atomic mass is 9.96. The summed E-state index contributed by atoms with van der Waals surface area (Å²) in [6.07, 6.45) is 11.3. The molecular formula is C48H45F2N11O5. The average molecular weight is 894 g/mol.